The lowest BCUT2D eigenvalue weighted by Gasteiger charge is -2.32. The maximum Gasteiger partial charge on any atom is 0.258 e. The van der Waals surface area contributed by atoms with Crippen molar-refractivity contribution in [2.75, 3.05) is 33.2 Å². The lowest BCUT2D eigenvalue weighted by molar-refractivity contribution is 0.147. The first-order chi connectivity index (χ1) is 10.0. The Morgan fingerprint density at radius 2 is 2.00 bits per heavy atom. The molecule has 0 spiro atoms. The second-order valence-electron chi connectivity index (χ2n) is 5.70. The molecule has 1 saturated heterocycles. The molecule has 0 bridgehead atoms. The van der Waals surface area contributed by atoms with Gasteiger partial charge < -0.3 is 10.0 Å². The number of piperazine rings is 1. The van der Waals surface area contributed by atoms with E-state index in [0.29, 0.717) is 17.9 Å². The van der Waals surface area contributed by atoms with Crippen molar-refractivity contribution < 1.29 is 5.11 Å². The summed E-state index contributed by atoms with van der Waals surface area (Å²) >= 11 is 0. The number of rotatable bonds is 2. The highest BCUT2D eigenvalue weighted by Crippen LogP contribution is 2.23. The maximum absolute atomic E-state index is 11.9. The average molecular weight is 288 g/mol. The van der Waals surface area contributed by atoms with E-state index in [9.17, 15) is 9.90 Å². The smallest absolute Gasteiger partial charge is 0.258 e. The molecular formula is C15H20N4O2. The lowest BCUT2D eigenvalue weighted by Crippen LogP contribution is -2.43. The van der Waals surface area contributed by atoms with Gasteiger partial charge in [0.15, 0.2) is 11.4 Å². The van der Waals surface area contributed by atoms with E-state index >= 15 is 0 Å². The quantitative estimate of drug-likeness (QED) is 0.870. The second-order valence-corrected chi connectivity index (χ2v) is 5.70. The Morgan fingerprint density at radius 3 is 2.71 bits per heavy atom. The largest absolute Gasteiger partial charge is 0.504 e. The highest BCUT2D eigenvalue weighted by molar-refractivity contribution is 5.56. The minimum absolute atomic E-state index is 0.109. The summed E-state index contributed by atoms with van der Waals surface area (Å²) in [6.45, 7) is 6.47. The van der Waals surface area contributed by atoms with Gasteiger partial charge in [0.1, 0.15) is 0 Å². The predicted octanol–water partition coefficient (Wildman–Crippen LogP) is 0.456. The maximum atomic E-state index is 11.9. The molecule has 3 heterocycles. The number of likely N-dealkylation sites (N-methyl/N-ethyl adjacent to an activating group) is 1. The van der Waals surface area contributed by atoms with E-state index in [1.54, 1.807) is 19.2 Å². The van der Waals surface area contributed by atoms with Crippen LogP contribution in [0.3, 0.4) is 0 Å². The summed E-state index contributed by atoms with van der Waals surface area (Å²) in [6.07, 6.45) is 1.69. The van der Waals surface area contributed by atoms with Gasteiger partial charge in [0.05, 0.1) is 0 Å². The normalized spacial score (nSPS) is 17.4. The minimum atomic E-state index is -0.168. The molecule has 112 valence electrons. The Hall–Kier alpha value is -1.92. The van der Waals surface area contributed by atoms with Crippen LogP contribution in [-0.2, 0) is 6.54 Å². The first kappa shape index (κ1) is 14.0. The summed E-state index contributed by atoms with van der Waals surface area (Å²) < 4.78 is 1.38. The number of nitrogens with zero attached hydrogens (tertiary/aromatic N) is 4. The zero-order valence-electron chi connectivity index (χ0n) is 12.4. The van der Waals surface area contributed by atoms with Crippen LogP contribution in [0.4, 0.5) is 0 Å². The van der Waals surface area contributed by atoms with E-state index in [-0.39, 0.29) is 11.3 Å². The molecule has 6 heteroatoms. The van der Waals surface area contributed by atoms with Crippen LogP contribution in [0.5, 0.6) is 5.75 Å². The number of hydrogen-bond donors (Lipinski definition) is 1. The van der Waals surface area contributed by atoms with E-state index < -0.39 is 0 Å². The monoisotopic (exact) mass is 288 g/mol. The molecule has 1 aliphatic rings. The van der Waals surface area contributed by atoms with E-state index in [1.807, 2.05) is 0 Å². The van der Waals surface area contributed by atoms with Crippen molar-refractivity contribution in [3.05, 3.63) is 39.9 Å². The molecule has 3 rings (SSSR count). The Bertz CT molecular complexity index is 717. The number of aromatic nitrogens is 2. The van der Waals surface area contributed by atoms with Crippen molar-refractivity contribution >= 4 is 5.65 Å². The summed E-state index contributed by atoms with van der Waals surface area (Å²) in [7, 11) is 2.12. The lowest BCUT2D eigenvalue weighted by atomic mass is 10.2. The van der Waals surface area contributed by atoms with Crippen molar-refractivity contribution in [2.24, 2.45) is 0 Å². The van der Waals surface area contributed by atoms with Gasteiger partial charge in [-0.05, 0) is 20.0 Å². The van der Waals surface area contributed by atoms with Crippen LogP contribution in [0, 0.1) is 6.92 Å². The molecule has 0 saturated carbocycles. The molecule has 0 amide bonds. The van der Waals surface area contributed by atoms with E-state index in [4.69, 9.17) is 0 Å². The fraction of sp³-hybridized carbons (Fsp3) is 0.467. The fourth-order valence-corrected chi connectivity index (χ4v) is 2.68. The summed E-state index contributed by atoms with van der Waals surface area (Å²) in [6, 6.07) is 3.27. The number of aromatic hydroxyl groups is 1. The van der Waals surface area contributed by atoms with Crippen molar-refractivity contribution in [1.29, 1.82) is 0 Å². The van der Waals surface area contributed by atoms with Gasteiger partial charge >= 0.3 is 0 Å². The van der Waals surface area contributed by atoms with Crippen LogP contribution in [-0.4, -0.2) is 57.5 Å². The molecule has 21 heavy (non-hydrogen) atoms. The minimum Gasteiger partial charge on any atom is -0.504 e. The van der Waals surface area contributed by atoms with E-state index in [0.717, 1.165) is 31.7 Å². The SMILES string of the molecule is Cc1cc(=O)n2ccc(CN3CCN(C)CC3)c(O)c2n1. The average Bonchev–Trinajstić information content (AvgIpc) is 2.45. The van der Waals surface area contributed by atoms with Gasteiger partial charge in [0.2, 0.25) is 0 Å². The summed E-state index contributed by atoms with van der Waals surface area (Å²) in [5, 5.41) is 10.4. The first-order valence-corrected chi connectivity index (χ1v) is 7.16. The topological polar surface area (TPSA) is 61.1 Å². The van der Waals surface area contributed by atoms with Gasteiger partial charge in [-0.3, -0.25) is 14.1 Å². The fourth-order valence-electron chi connectivity index (χ4n) is 2.68. The summed E-state index contributed by atoms with van der Waals surface area (Å²) in [5.74, 6) is 0.109. The van der Waals surface area contributed by atoms with Crippen molar-refractivity contribution in [3.8, 4) is 5.75 Å². The standard InChI is InChI=1S/C15H20N4O2/c1-11-9-13(20)19-4-3-12(14(21)15(19)16-11)10-18-7-5-17(2)6-8-18/h3-4,9,21H,5-8,10H2,1-2H3. The molecule has 0 aromatic carbocycles. The highest BCUT2D eigenvalue weighted by Gasteiger charge is 2.17. The predicted molar refractivity (Wildman–Crippen MR) is 80.6 cm³/mol. The molecule has 0 radical (unpaired) electrons. The molecule has 2 aromatic rings. The molecule has 1 N–H and O–H groups in total. The van der Waals surface area contributed by atoms with Crippen molar-refractivity contribution in [1.82, 2.24) is 19.2 Å². The van der Waals surface area contributed by atoms with Crippen molar-refractivity contribution in [2.45, 2.75) is 13.5 Å². The highest BCUT2D eigenvalue weighted by atomic mass is 16.3. The molecule has 6 nitrogen and oxygen atoms in total. The number of fused-ring (bicyclic) bond motifs is 1. The molecule has 0 atom stereocenters. The summed E-state index contributed by atoms with van der Waals surface area (Å²) in [5.41, 5.74) is 1.61. The van der Waals surface area contributed by atoms with Gasteiger partial charge in [-0.2, -0.15) is 0 Å². The number of hydrogen-bond acceptors (Lipinski definition) is 5. The van der Waals surface area contributed by atoms with Gasteiger partial charge in [-0.25, -0.2) is 4.98 Å². The Balaban J connectivity index is 1.93. The van der Waals surface area contributed by atoms with Crippen LogP contribution in [0.1, 0.15) is 11.3 Å². The summed E-state index contributed by atoms with van der Waals surface area (Å²) in [4.78, 5) is 20.8. The van der Waals surface area contributed by atoms with Gasteiger partial charge in [-0.1, -0.05) is 0 Å². The number of aryl methyl sites for hydroxylation is 1. The number of pyridine rings is 1. The zero-order chi connectivity index (χ0) is 15.0. The Labute approximate surface area is 123 Å². The van der Waals surface area contributed by atoms with E-state index in [2.05, 4.69) is 21.8 Å². The van der Waals surface area contributed by atoms with Crippen LogP contribution in [0.25, 0.3) is 5.65 Å². The van der Waals surface area contributed by atoms with Crippen LogP contribution in [0.15, 0.2) is 23.1 Å². The third kappa shape index (κ3) is 2.77. The van der Waals surface area contributed by atoms with Crippen LogP contribution < -0.4 is 5.56 Å². The molecule has 1 aliphatic heterocycles. The third-order valence-electron chi connectivity index (χ3n) is 4.01. The molecule has 0 unspecified atom stereocenters. The van der Waals surface area contributed by atoms with Crippen LogP contribution in [0.2, 0.25) is 0 Å². The van der Waals surface area contributed by atoms with Crippen molar-refractivity contribution in [3.63, 3.8) is 0 Å². The first-order valence-electron chi connectivity index (χ1n) is 7.16. The zero-order valence-corrected chi connectivity index (χ0v) is 12.4. The van der Waals surface area contributed by atoms with Crippen LogP contribution >= 0.6 is 0 Å². The van der Waals surface area contributed by atoms with Gasteiger partial charge in [0, 0.05) is 56.2 Å². The molecule has 1 fully saturated rings. The second kappa shape index (κ2) is 5.46. The molecule has 0 aliphatic carbocycles. The molecule has 2 aromatic heterocycles. The Kier molecular flexibility index (Phi) is 3.65. The van der Waals surface area contributed by atoms with Gasteiger partial charge in [-0.15, -0.1) is 0 Å². The van der Waals surface area contributed by atoms with E-state index in [1.165, 1.54) is 10.5 Å². The Morgan fingerprint density at radius 1 is 1.29 bits per heavy atom. The van der Waals surface area contributed by atoms with Gasteiger partial charge in [0.25, 0.3) is 5.56 Å². The molecular weight excluding hydrogens is 268 g/mol. The third-order valence-corrected chi connectivity index (χ3v) is 4.01.